The second kappa shape index (κ2) is 4.77. The molecule has 4 heteroatoms. The zero-order chi connectivity index (χ0) is 14.3. The molecule has 0 spiro atoms. The predicted molar refractivity (Wildman–Crippen MR) is 83.3 cm³/mol. The highest BCUT2D eigenvalue weighted by atomic mass is 79.9. The molecule has 0 bridgehead atoms. The standard InChI is InChI=1S/C16H12BrN3/c1-10-5-3-7-12(14(10)17)16-19-15-11(9-18)6-4-8-13(15)20(16)2/h3-8H,1-2H3. The van der Waals surface area contributed by atoms with E-state index in [0.717, 1.165) is 32.5 Å². The maximum absolute atomic E-state index is 9.20. The van der Waals surface area contributed by atoms with Crippen molar-refractivity contribution in [2.45, 2.75) is 6.92 Å². The Balaban J connectivity index is 2.36. The lowest BCUT2D eigenvalue weighted by molar-refractivity contribution is 0.958. The van der Waals surface area contributed by atoms with E-state index >= 15 is 0 Å². The first-order valence-electron chi connectivity index (χ1n) is 6.24. The maximum atomic E-state index is 9.20. The first-order valence-corrected chi connectivity index (χ1v) is 7.04. The molecule has 1 heterocycles. The molecule has 98 valence electrons. The minimum absolute atomic E-state index is 0.605. The van der Waals surface area contributed by atoms with Gasteiger partial charge < -0.3 is 4.57 Å². The van der Waals surface area contributed by atoms with Gasteiger partial charge in [-0.15, -0.1) is 0 Å². The van der Waals surface area contributed by atoms with E-state index in [1.54, 1.807) is 6.07 Å². The molecular formula is C16H12BrN3. The summed E-state index contributed by atoms with van der Waals surface area (Å²) in [5.41, 5.74) is 4.52. The number of imidazole rings is 1. The normalized spacial score (nSPS) is 10.7. The Morgan fingerprint density at radius 2 is 1.95 bits per heavy atom. The number of fused-ring (bicyclic) bond motifs is 1. The first-order chi connectivity index (χ1) is 9.63. The molecule has 0 saturated carbocycles. The number of aryl methyl sites for hydroxylation is 2. The highest BCUT2D eigenvalue weighted by Crippen LogP contribution is 2.32. The minimum Gasteiger partial charge on any atom is -0.327 e. The van der Waals surface area contributed by atoms with Crippen molar-refractivity contribution >= 4 is 27.0 Å². The lowest BCUT2D eigenvalue weighted by atomic mass is 10.1. The zero-order valence-electron chi connectivity index (χ0n) is 11.2. The van der Waals surface area contributed by atoms with Gasteiger partial charge in [-0.3, -0.25) is 0 Å². The van der Waals surface area contributed by atoms with Crippen LogP contribution in [0.1, 0.15) is 11.1 Å². The van der Waals surface area contributed by atoms with Crippen molar-refractivity contribution in [3.05, 3.63) is 52.0 Å². The van der Waals surface area contributed by atoms with Crippen LogP contribution in [0.15, 0.2) is 40.9 Å². The van der Waals surface area contributed by atoms with Crippen LogP contribution in [0.4, 0.5) is 0 Å². The molecular weight excluding hydrogens is 314 g/mol. The van der Waals surface area contributed by atoms with Crippen molar-refractivity contribution < 1.29 is 0 Å². The number of nitriles is 1. The molecule has 0 fully saturated rings. The lowest BCUT2D eigenvalue weighted by Gasteiger charge is -2.07. The number of benzene rings is 2. The highest BCUT2D eigenvalue weighted by Gasteiger charge is 2.15. The van der Waals surface area contributed by atoms with E-state index in [1.807, 2.05) is 35.9 Å². The van der Waals surface area contributed by atoms with Crippen molar-refractivity contribution in [2.75, 3.05) is 0 Å². The Labute approximate surface area is 125 Å². The van der Waals surface area contributed by atoms with Gasteiger partial charge in [0.1, 0.15) is 17.4 Å². The van der Waals surface area contributed by atoms with Crippen LogP contribution in [0.5, 0.6) is 0 Å². The zero-order valence-corrected chi connectivity index (χ0v) is 12.8. The summed E-state index contributed by atoms with van der Waals surface area (Å²) >= 11 is 3.63. The number of aromatic nitrogens is 2. The van der Waals surface area contributed by atoms with E-state index in [0.29, 0.717) is 5.56 Å². The third kappa shape index (κ3) is 1.83. The van der Waals surface area contributed by atoms with Crippen LogP contribution in [0.3, 0.4) is 0 Å². The van der Waals surface area contributed by atoms with Gasteiger partial charge in [0.2, 0.25) is 0 Å². The maximum Gasteiger partial charge on any atom is 0.142 e. The molecule has 0 unspecified atom stereocenters. The fraction of sp³-hybridized carbons (Fsp3) is 0.125. The topological polar surface area (TPSA) is 41.6 Å². The third-order valence-corrected chi connectivity index (χ3v) is 4.52. The predicted octanol–water partition coefficient (Wildman–Crippen LogP) is 4.18. The van der Waals surface area contributed by atoms with Crippen LogP contribution in [0.25, 0.3) is 22.4 Å². The molecule has 20 heavy (non-hydrogen) atoms. The summed E-state index contributed by atoms with van der Waals surface area (Å²) in [6.07, 6.45) is 0. The van der Waals surface area contributed by atoms with Crippen LogP contribution in [0, 0.1) is 18.3 Å². The van der Waals surface area contributed by atoms with Gasteiger partial charge in [0.15, 0.2) is 0 Å². The summed E-state index contributed by atoms with van der Waals surface area (Å²) in [4.78, 5) is 4.67. The van der Waals surface area contributed by atoms with Crippen LogP contribution >= 0.6 is 15.9 Å². The molecule has 2 aromatic carbocycles. The number of halogens is 1. The number of hydrogen-bond acceptors (Lipinski definition) is 2. The Bertz CT molecular complexity index is 856. The summed E-state index contributed by atoms with van der Waals surface area (Å²) in [6, 6.07) is 14.0. The van der Waals surface area contributed by atoms with E-state index in [-0.39, 0.29) is 0 Å². The Hall–Kier alpha value is -2.12. The highest BCUT2D eigenvalue weighted by molar-refractivity contribution is 9.10. The van der Waals surface area contributed by atoms with Crippen LogP contribution in [-0.2, 0) is 7.05 Å². The van der Waals surface area contributed by atoms with Crippen molar-refractivity contribution in [3.8, 4) is 17.5 Å². The van der Waals surface area contributed by atoms with E-state index in [4.69, 9.17) is 0 Å². The molecule has 0 aliphatic rings. The molecule has 0 radical (unpaired) electrons. The molecule has 3 rings (SSSR count). The monoisotopic (exact) mass is 325 g/mol. The second-order valence-corrected chi connectivity index (χ2v) is 5.51. The third-order valence-electron chi connectivity index (χ3n) is 3.46. The minimum atomic E-state index is 0.605. The van der Waals surface area contributed by atoms with Crippen molar-refractivity contribution in [3.63, 3.8) is 0 Å². The summed E-state index contributed by atoms with van der Waals surface area (Å²) in [7, 11) is 1.97. The molecule has 0 saturated heterocycles. The molecule has 0 atom stereocenters. The van der Waals surface area contributed by atoms with Gasteiger partial charge in [0.05, 0.1) is 11.1 Å². The van der Waals surface area contributed by atoms with Crippen LogP contribution in [0.2, 0.25) is 0 Å². The van der Waals surface area contributed by atoms with Gasteiger partial charge in [-0.2, -0.15) is 5.26 Å². The number of nitrogens with zero attached hydrogens (tertiary/aromatic N) is 3. The van der Waals surface area contributed by atoms with Gasteiger partial charge >= 0.3 is 0 Å². The Morgan fingerprint density at radius 3 is 2.70 bits per heavy atom. The molecule has 0 aliphatic carbocycles. The van der Waals surface area contributed by atoms with Crippen LogP contribution in [-0.4, -0.2) is 9.55 Å². The van der Waals surface area contributed by atoms with E-state index in [2.05, 4.69) is 40.0 Å². The number of para-hydroxylation sites is 1. The van der Waals surface area contributed by atoms with Gasteiger partial charge in [0.25, 0.3) is 0 Å². The second-order valence-electron chi connectivity index (χ2n) is 4.72. The van der Waals surface area contributed by atoms with Crippen LogP contribution < -0.4 is 0 Å². The Morgan fingerprint density at radius 1 is 1.20 bits per heavy atom. The average molecular weight is 326 g/mol. The number of rotatable bonds is 1. The summed E-state index contributed by atoms with van der Waals surface area (Å²) < 4.78 is 3.06. The molecule has 0 aliphatic heterocycles. The van der Waals surface area contributed by atoms with E-state index in [9.17, 15) is 5.26 Å². The fourth-order valence-corrected chi connectivity index (χ4v) is 2.81. The molecule has 0 amide bonds. The van der Waals surface area contributed by atoms with Gasteiger partial charge in [-0.1, -0.05) is 24.3 Å². The lowest BCUT2D eigenvalue weighted by Crippen LogP contribution is -1.94. The summed E-state index contributed by atoms with van der Waals surface area (Å²) in [6.45, 7) is 2.05. The largest absolute Gasteiger partial charge is 0.327 e. The molecule has 1 aromatic heterocycles. The smallest absolute Gasteiger partial charge is 0.142 e. The quantitative estimate of drug-likeness (QED) is 0.673. The van der Waals surface area contributed by atoms with Crippen molar-refractivity contribution in [2.24, 2.45) is 7.05 Å². The van der Waals surface area contributed by atoms with E-state index < -0.39 is 0 Å². The fourth-order valence-electron chi connectivity index (χ4n) is 2.37. The first kappa shape index (κ1) is 12.9. The van der Waals surface area contributed by atoms with Gasteiger partial charge in [-0.05, 0) is 40.5 Å². The molecule has 3 nitrogen and oxygen atoms in total. The van der Waals surface area contributed by atoms with Crippen molar-refractivity contribution in [1.29, 1.82) is 5.26 Å². The van der Waals surface area contributed by atoms with E-state index in [1.165, 1.54) is 0 Å². The van der Waals surface area contributed by atoms with Gasteiger partial charge in [-0.25, -0.2) is 4.98 Å². The Kier molecular flexibility index (Phi) is 3.07. The summed E-state index contributed by atoms with van der Waals surface area (Å²) in [5, 5.41) is 9.20. The van der Waals surface area contributed by atoms with Gasteiger partial charge in [0, 0.05) is 17.1 Å². The number of hydrogen-bond donors (Lipinski definition) is 0. The summed E-state index contributed by atoms with van der Waals surface area (Å²) in [5.74, 6) is 0.860. The molecule has 3 aromatic rings. The van der Waals surface area contributed by atoms with Crippen molar-refractivity contribution in [1.82, 2.24) is 9.55 Å². The molecule has 0 N–H and O–H groups in total. The SMILES string of the molecule is Cc1cccc(-c2nc3c(C#N)cccc3n2C)c1Br. The average Bonchev–Trinajstić information content (AvgIpc) is 2.79.